The minimum absolute atomic E-state index is 0.338. The van der Waals surface area contributed by atoms with E-state index in [-0.39, 0.29) is 5.91 Å². The molecule has 1 N–H and O–H groups in total. The van der Waals surface area contributed by atoms with Crippen LogP contribution in [0.15, 0.2) is 90.6 Å². The Kier molecular flexibility index (Phi) is 7.32. The third-order valence-corrected chi connectivity index (χ3v) is 4.32. The van der Waals surface area contributed by atoms with E-state index in [0.717, 1.165) is 11.1 Å². The number of nitrogens with zero attached hydrogens (tertiary/aromatic N) is 1. The Balaban J connectivity index is 1.53. The van der Waals surface area contributed by atoms with E-state index in [9.17, 15) is 9.59 Å². The lowest BCUT2D eigenvalue weighted by molar-refractivity contribution is 0.0733. The maximum atomic E-state index is 12.3. The molecule has 3 rings (SSSR count). The standard InChI is InChI=1S/C25H22N2O4/c1-3-16-30-21-14-10-20(11-15-21)24(28)27-26-17-19-8-12-22(13-9-19)31-25(29)23-7-5-4-6-18(23)2/h3-15,17H,1,16H2,2H3,(H,27,28). The lowest BCUT2D eigenvalue weighted by Crippen LogP contribution is -2.17. The van der Waals surface area contributed by atoms with E-state index >= 15 is 0 Å². The molecule has 3 aromatic rings. The second-order valence-corrected chi connectivity index (χ2v) is 6.60. The molecule has 0 aromatic heterocycles. The van der Waals surface area contributed by atoms with Gasteiger partial charge in [0.2, 0.25) is 0 Å². The Morgan fingerprint density at radius 1 is 0.968 bits per heavy atom. The van der Waals surface area contributed by atoms with Gasteiger partial charge in [0, 0.05) is 5.56 Å². The summed E-state index contributed by atoms with van der Waals surface area (Å²) in [5.41, 5.74) is 5.05. The largest absolute Gasteiger partial charge is 0.490 e. The predicted molar refractivity (Wildman–Crippen MR) is 120 cm³/mol. The van der Waals surface area contributed by atoms with Gasteiger partial charge in [-0.1, -0.05) is 30.9 Å². The predicted octanol–water partition coefficient (Wildman–Crippen LogP) is 4.54. The van der Waals surface area contributed by atoms with Crippen molar-refractivity contribution in [2.45, 2.75) is 6.92 Å². The van der Waals surface area contributed by atoms with E-state index in [1.54, 1.807) is 66.7 Å². The Bertz CT molecular complexity index is 1090. The molecule has 6 nitrogen and oxygen atoms in total. The van der Waals surface area contributed by atoms with Crippen LogP contribution in [0.5, 0.6) is 11.5 Å². The van der Waals surface area contributed by atoms with Crippen LogP contribution in [-0.2, 0) is 0 Å². The van der Waals surface area contributed by atoms with Crippen molar-refractivity contribution < 1.29 is 19.1 Å². The summed E-state index contributed by atoms with van der Waals surface area (Å²) in [5.74, 6) is 0.333. The van der Waals surface area contributed by atoms with Gasteiger partial charge in [-0.25, -0.2) is 10.2 Å². The molecule has 0 unspecified atom stereocenters. The molecule has 0 aliphatic heterocycles. The van der Waals surface area contributed by atoms with Crippen molar-refractivity contribution in [3.63, 3.8) is 0 Å². The topological polar surface area (TPSA) is 77.0 Å². The second kappa shape index (κ2) is 10.5. The molecule has 0 spiro atoms. The fourth-order valence-corrected chi connectivity index (χ4v) is 2.67. The highest BCUT2D eigenvalue weighted by Crippen LogP contribution is 2.16. The van der Waals surface area contributed by atoms with Gasteiger partial charge in [0.1, 0.15) is 18.1 Å². The molecule has 0 saturated heterocycles. The number of hydrogen-bond donors (Lipinski definition) is 1. The van der Waals surface area contributed by atoms with Gasteiger partial charge in [-0.2, -0.15) is 5.10 Å². The first-order valence-electron chi connectivity index (χ1n) is 9.62. The fraction of sp³-hybridized carbons (Fsp3) is 0.0800. The van der Waals surface area contributed by atoms with Gasteiger partial charge in [-0.15, -0.1) is 0 Å². The first-order chi connectivity index (χ1) is 15.1. The van der Waals surface area contributed by atoms with Crippen LogP contribution in [0.25, 0.3) is 0 Å². The number of aryl methyl sites for hydroxylation is 1. The number of carbonyl (C=O) groups is 2. The second-order valence-electron chi connectivity index (χ2n) is 6.60. The summed E-state index contributed by atoms with van der Waals surface area (Å²) < 4.78 is 10.8. The van der Waals surface area contributed by atoms with Crippen LogP contribution >= 0.6 is 0 Å². The Morgan fingerprint density at radius 3 is 2.32 bits per heavy atom. The van der Waals surface area contributed by atoms with Crippen molar-refractivity contribution in [1.82, 2.24) is 5.43 Å². The molecule has 1 amide bonds. The number of ether oxygens (including phenoxy) is 2. The number of carbonyl (C=O) groups excluding carboxylic acids is 2. The maximum Gasteiger partial charge on any atom is 0.343 e. The first-order valence-corrected chi connectivity index (χ1v) is 9.62. The number of rotatable bonds is 8. The highest BCUT2D eigenvalue weighted by Gasteiger charge is 2.10. The van der Waals surface area contributed by atoms with Gasteiger partial charge in [0.15, 0.2) is 0 Å². The van der Waals surface area contributed by atoms with Crippen molar-refractivity contribution in [1.29, 1.82) is 0 Å². The summed E-state index contributed by atoms with van der Waals surface area (Å²) >= 11 is 0. The molecular weight excluding hydrogens is 392 g/mol. The molecule has 3 aromatic carbocycles. The minimum atomic E-state index is -0.410. The van der Waals surface area contributed by atoms with E-state index in [4.69, 9.17) is 9.47 Å². The van der Waals surface area contributed by atoms with Crippen LogP contribution in [0, 0.1) is 6.92 Å². The van der Waals surface area contributed by atoms with Crippen molar-refractivity contribution in [2.75, 3.05) is 6.61 Å². The number of amides is 1. The molecule has 0 aliphatic rings. The van der Waals surface area contributed by atoms with Crippen molar-refractivity contribution >= 4 is 18.1 Å². The molecule has 0 radical (unpaired) electrons. The van der Waals surface area contributed by atoms with E-state index in [0.29, 0.717) is 29.2 Å². The normalized spacial score (nSPS) is 10.5. The molecular formula is C25H22N2O4. The molecule has 0 saturated carbocycles. The van der Waals surface area contributed by atoms with Gasteiger partial charge < -0.3 is 9.47 Å². The van der Waals surface area contributed by atoms with Crippen LogP contribution in [0.3, 0.4) is 0 Å². The van der Waals surface area contributed by atoms with Crippen molar-refractivity contribution in [3.05, 3.63) is 108 Å². The van der Waals surface area contributed by atoms with Crippen LogP contribution in [-0.4, -0.2) is 24.7 Å². The summed E-state index contributed by atoms with van der Waals surface area (Å²) in [6, 6.07) is 20.8. The zero-order valence-corrected chi connectivity index (χ0v) is 17.1. The lowest BCUT2D eigenvalue weighted by Gasteiger charge is -2.06. The summed E-state index contributed by atoms with van der Waals surface area (Å²) in [6.07, 6.45) is 3.16. The number of benzene rings is 3. The molecule has 0 bridgehead atoms. The van der Waals surface area contributed by atoms with Gasteiger partial charge in [0.05, 0.1) is 11.8 Å². The third-order valence-electron chi connectivity index (χ3n) is 4.32. The number of esters is 1. The quantitative estimate of drug-likeness (QED) is 0.193. The summed E-state index contributed by atoms with van der Waals surface area (Å²) in [4.78, 5) is 24.4. The van der Waals surface area contributed by atoms with Crippen LogP contribution in [0.1, 0.15) is 31.8 Å². The molecule has 0 fully saturated rings. The van der Waals surface area contributed by atoms with Crippen molar-refractivity contribution in [2.24, 2.45) is 5.10 Å². The van der Waals surface area contributed by atoms with E-state index in [1.165, 1.54) is 6.21 Å². The lowest BCUT2D eigenvalue weighted by atomic mass is 10.1. The maximum absolute atomic E-state index is 12.3. The first kappa shape index (κ1) is 21.5. The molecule has 0 aliphatic carbocycles. The minimum Gasteiger partial charge on any atom is -0.490 e. The average Bonchev–Trinajstić information content (AvgIpc) is 2.79. The average molecular weight is 414 g/mol. The SMILES string of the molecule is C=CCOc1ccc(C(=O)NN=Cc2ccc(OC(=O)c3ccccc3C)cc2)cc1. The Hall–Kier alpha value is -4.19. The zero-order chi connectivity index (χ0) is 22.1. The monoisotopic (exact) mass is 414 g/mol. The smallest absolute Gasteiger partial charge is 0.343 e. The molecule has 156 valence electrons. The Morgan fingerprint density at radius 2 is 1.65 bits per heavy atom. The highest BCUT2D eigenvalue weighted by atomic mass is 16.5. The Labute approximate surface area is 180 Å². The zero-order valence-electron chi connectivity index (χ0n) is 17.1. The number of nitrogens with one attached hydrogen (secondary N) is 1. The van der Waals surface area contributed by atoms with Gasteiger partial charge in [0.25, 0.3) is 5.91 Å². The summed E-state index contributed by atoms with van der Waals surface area (Å²) in [5, 5.41) is 3.96. The number of hydrogen-bond acceptors (Lipinski definition) is 5. The molecule has 0 atom stereocenters. The van der Waals surface area contributed by atoms with E-state index in [1.807, 2.05) is 19.1 Å². The van der Waals surface area contributed by atoms with Crippen molar-refractivity contribution in [3.8, 4) is 11.5 Å². The summed E-state index contributed by atoms with van der Waals surface area (Å²) in [6.45, 7) is 5.85. The molecule has 6 heteroatoms. The van der Waals surface area contributed by atoms with Crippen LogP contribution < -0.4 is 14.9 Å². The number of hydrazone groups is 1. The third kappa shape index (κ3) is 6.14. The highest BCUT2D eigenvalue weighted by molar-refractivity contribution is 5.95. The van der Waals surface area contributed by atoms with Crippen LogP contribution in [0.2, 0.25) is 0 Å². The fourth-order valence-electron chi connectivity index (χ4n) is 2.67. The summed E-state index contributed by atoms with van der Waals surface area (Å²) in [7, 11) is 0. The molecule has 0 heterocycles. The van der Waals surface area contributed by atoms with Crippen LogP contribution in [0.4, 0.5) is 0 Å². The van der Waals surface area contributed by atoms with E-state index < -0.39 is 5.97 Å². The van der Waals surface area contributed by atoms with Gasteiger partial charge >= 0.3 is 5.97 Å². The van der Waals surface area contributed by atoms with Gasteiger partial charge in [-0.05, 0) is 72.6 Å². The van der Waals surface area contributed by atoms with E-state index in [2.05, 4.69) is 17.1 Å². The van der Waals surface area contributed by atoms with Gasteiger partial charge in [-0.3, -0.25) is 4.79 Å². The molecule has 31 heavy (non-hydrogen) atoms.